The van der Waals surface area contributed by atoms with Crippen LogP contribution in [0, 0.1) is 10.1 Å². The molecule has 0 fully saturated rings. The van der Waals surface area contributed by atoms with E-state index in [0.29, 0.717) is 10.9 Å². The molecule has 0 aliphatic carbocycles. The summed E-state index contributed by atoms with van der Waals surface area (Å²) >= 11 is 5.90. The Labute approximate surface area is 128 Å². The number of anilines is 1. The van der Waals surface area contributed by atoms with Crippen LogP contribution in [0.15, 0.2) is 36.7 Å². The number of nitro benzene ring substituents is 1. The molecular formula is C13H8ClN5O3. The number of H-pyrrole nitrogens is 1. The highest BCUT2D eigenvalue weighted by Gasteiger charge is 2.16. The van der Waals surface area contributed by atoms with Crippen LogP contribution in [-0.4, -0.2) is 26.0 Å². The van der Waals surface area contributed by atoms with Gasteiger partial charge in [0.1, 0.15) is 0 Å². The van der Waals surface area contributed by atoms with E-state index in [4.69, 9.17) is 11.6 Å². The normalized spacial score (nSPS) is 10.6. The lowest BCUT2D eigenvalue weighted by Gasteiger charge is -2.04. The first kappa shape index (κ1) is 14.0. The van der Waals surface area contributed by atoms with Gasteiger partial charge in [-0.15, -0.1) is 0 Å². The second-order valence-corrected chi connectivity index (χ2v) is 4.78. The maximum Gasteiger partial charge on any atom is 0.270 e. The van der Waals surface area contributed by atoms with Gasteiger partial charge in [-0.05, 0) is 12.1 Å². The molecule has 0 saturated carbocycles. The van der Waals surface area contributed by atoms with Crippen LogP contribution in [0.1, 0.15) is 10.4 Å². The molecule has 0 radical (unpaired) electrons. The molecule has 1 amide bonds. The first-order chi connectivity index (χ1) is 10.6. The molecule has 0 unspecified atom stereocenters. The number of nitrogens with zero attached hydrogens (tertiary/aromatic N) is 3. The van der Waals surface area contributed by atoms with Crippen LogP contribution < -0.4 is 5.32 Å². The van der Waals surface area contributed by atoms with E-state index in [1.54, 1.807) is 0 Å². The zero-order valence-corrected chi connectivity index (χ0v) is 11.7. The zero-order valence-electron chi connectivity index (χ0n) is 10.9. The Morgan fingerprint density at radius 2 is 2.18 bits per heavy atom. The fourth-order valence-corrected chi connectivity index (χ4v) is 2.15. The van der Waals surface area contributed by atoms with E-state index >= 15 is 0 Å². The summed E-state index contributed by atoms with van der Waals surface area (Å²) in [6, 6.07) is 5.68. The van der Waals surface area contributed by atoms with Gasteiger partial charge in [0.25, 0.3) is 11.6 Å². The standard InChI is InChI=1S/C13H8ClN5O3/c14-10-6-15-4-3-8(10)13(20)16-12-9-5-7(19(21)22)1-2-11(9)17-18-12/h1-6H,(H2,16,17,18,20). The third-order valence-corrected chi connectivity index (χ3v) is 3.31. The molecule has 2 N–H and O–H groups in total. The highest BCUT2D eigenvalue weighted by Crippen LogP contribution is 2.26. The molecular weight excluding hydrogens is 310 g/mol. The monoisotopic (exact) mass is 317 g/mol. The average molecular weight is 318 g/mol. The fourth-order valence-electron chi connectivity index (χ4n) is 1.95. The predicted octanol–water partition coefficient (Wildman–Crippen LogP) is 2.77. The number of nitro groups is 1. The molecule has 3 rings (SSSR count). The highest BCUT2D eigenvalue weighted by atomic mass is 35.5. The highest BCUT2D eigenvalue weighted by molar-refractivity contribution is 6.34. The average Bonchev–Trinajstić information content (AvgIpc) is 2.90. The van der Waals surface area contributed by atoms with Crippen molar-refractivity contribution in [3.63, 3.8) is 0 Å². The number of nitrogens with one attached hydrogen (secondary N) is 2. The van der Waals surface area contributed by atoms with E-state index in [9.17, 15) is 14.9 Å². The van der Waals surface area contributed by atoms with Crippen molar-refractivity contribution in [1.82, 2.24) is 15.2 Å². The maximum atomic E-state index is 12.2. The van der Waals surface area contributed by atoms with Crippen LogP contribution in [0.5, 0.6) is 0 Å². The van der Waals surface area contributed by atoms with Crippen molar-refractivity contribution in [2.45, 2.75) is 0 Å². The van der Waals surface area contributed by atoms with Gasteiger partial charge in [-0.3, -0.25) is 25.0 Å². The molecule has 0 aliphatic heterocycles. The first-order valence-corrected chi connectivity index (χ1v) is 6.47. The second kappa shape index (κ2) is 5.41. The summed E-state index contributed by atoms with van der Waals surface area (Å²) in [7, 11) is 0. The number of aromatic nitrogens is 3. The Balaban J connectivity index is 1.97. The smallest absolute Gasteiger partial charge is 0.270 e. The Hall–Kier alpha value is -3.00. The number of carbonyl (C=O) groups is 1. The van der Waals surface area contributed by atoms with Crippen molar-refractivity contribution in [3.05, 3.63) is 57.4 Å². The number of non-ortho nitro benzene ring substituents is 1. The predicted molar refractivity (Wildman–Crippen MR) is 79.9 cm³/mol. The van der Waals surface area contributed by atoms with E-state index in [1.165, 1.54) is 36.7 Å². The molecule has 22 heavy (non-hydrogen) atoms. The van der Waals surface area contributed by atoms with Gasteiger partial charge < -0.3 is 5.32 Å². The fraction of sp³-hybridized carbons (Fsp3) is 0. The molecule has 9 heteroatoms. The summed E-state index contributed by atoms with van der Waals surface area (Å²) in [5.74, 6) is -0.288. The third kappa shape index (κ3) is 2.47. The van der Waals surface area contributed by atoms with Gasteiger partial charge in [0.05, 0.1) is 26.4 Å². The molecule has 1 aromatic carbocycles. The largest absolute Gasteiger partial charge is 0.305 e. The van der Waals surface area contributed by atoms with Crippen molar-refractivity contribution >= 4 is 39.9 Å². The van der Waals surface area contributed by atoms with Crippen molar-refractivity contribution in [2.24, 2.45) is 0 Å². The van der Waals surface area contributed by atoms with E-state index in [0.717, 1.165) is 0 Å². The van der Waals surface area contributed by atoms with Gasteiger partial charge in [-0.1, -0.05) is 11.6 Å². The number of hydrogen-bond acceptors (Lipinski definition) is 5. The Bertz CT molecular complexity index is 892. The van der Waals surface area contributed by atoms with Gasteiger partial charge in [0.2, 0.25) is 0 Å². The quantitative estimate of drug-likeness (QED) is 0.569. The summed E-state index contributed by atoms with van der Waals surface area (Å²) < 4.78 is 0. The molecule has 2 aromatic heterocycles. The summed E-state index contributed by atoms with van der Waals surface area (Å²) in [4.78, 5) is 26.3. The van der Waals surface area contributed by atoms with E-state index in [2.05, 4.69) is 20.5 Å². The maximum absolute atomic E-state index is 12.2. The number of carbonyl (C=O) groups excluding carboxylic acids is 1. The molecule has 110 valence electrons. The number of amides is 1. The van der Waals surface area contributed by atoms with Gasteiger partial charge in [-0.25, -0.2) is 0 Å². The molecule has 8 nitrogen and oxygen atoms in total. The summed E-state index contributed by atoms with van der Waals surface area (Å²) in [6.07, 6.45) is 2.79. The SMILES string of the molecule is O=C(Nc1n[nH]c2ccc([N+](=O)[O-])cc12)c1ccncc1Cl. The van der Waals surface area contributed by atoms with Crippen LogP contribution in [0.4, 0.5) is 11.5 Å². The number of hydrogen-bond donors (Lipinski definition) is 2. The summed E-state index contributed by atoms with van der Waals surface area (Å²) in [5, 5.41) is 20.7. The topological polar surface area (TPSA) is 114 Å². The Morgan fingerprint density at radius 1 is 1.36 bits per heavy atom. The van der Waals surface area contributed by atoms with Crippen molar-refractivity contribution in [2.75, 3.05) is 5.32 Å². The van der Waals surface area contributed by atoms with Gasteiger partial charge >= 0.3 is 0 Å². The third-order valence-electron chi connectivity index (χ3n) is 3.01. The number of fused-ring (bicyclic) bond motifs is 1. The lowest BCUT2D eigenvalue weighted by molar-refractivity contribution is -0.384. The summed E-state index contributed by atoms with van der Waals surface area (Å²) in [5.41, 5.74) is 0.714. The van der Waals surface area contributed by atoms with Crippen molar-refractivity contribution in [3.8, 4) is 0 Å². The van der Waals surface area contributed by atoms with Crippen LogP contribution in [-0.2, 0) is 0 Å². The lowest BCUT2D eigenvalue weighted by atomic mass is 10.2. The molecule has 0 atom stereocenters. The van der Waals surface area contributed by atoms with Crippen LogP contribution in [0.2, 0.25) is 5.02 Å². The van der Waals surface area contributed by atoms with E-state index in [-0.39, 0.29) is 22.1 Å². The lowest BCUT2D eigenvalue weighted by Crippen LogP contribution is -2.13. The molecule has 0 aliphatic rings. The molecule has 0 saturated heterocycles. The minimum absolute atomic E-state index is 0.0913. The van der Waals surface area contributed by atoms with Gasteiger partial charge in [0, 0.05) is 24.5 Å². The van der Waals surface area contributed by atoms with Crippen LogP contribution in [0.25, 0.3) is 10.9 Å². The molecule has 2 heterocycles. The second-order valence-electron chi connectivity index (χ2n) is 4.37. The molecule has 0 bridgehead atoms. The number of rotatable bonds is 3. The molecule has 3 aromatic rings. The van der Waals surface area contributed by atoms with Gasteiger partial charge in [0.15, 0.2) is 5.82 Å². The summed E-state index contributed by atoms with van der Waals surface area (Å²) in [6.45, 7) is 0. The van der Waals surface area contributed by atoms with Gasteiger partial charge in [-0.2, -0.15) is 5.10 Å². The van der Waals surface area contributed by atoms with Crippen LogP contribution >= 0.6 is 11.6 Å². The van der Waals surface area contributed by atoms with Crippen molar-refractivity contribution in [1.29, 1.82) is 0 Å². The number of aromatic amines is 1. The van der Waals surface area contributed by atoms with Crippen LogP contribution in [0.3, 0.4) is 0 Å². The van der Waals surface area contributed by atoms with Crippen molar-refractivity contribution < 1.29 is 9.72 Å². The number of benzene rings is 1. The van der Waals surface area contributed by atoms with E-state index in [1.807, 2.05) is 0 Å². The first-order valence-electron chi connectivity index (χ1n) is 6.09. The number of halogens is 1. The van der Waals surface area contributed by atoms with E-state index < -0.39 is 10.8 Å². The minimum atomic E-state index is -0.516. The Kier molecular flexibility index (Phi) is 3.43. The number of pyridine rings is 1. The minimum Gasteiger partial charge on any atom is -0.305 e. The Morgan fingerprint density at radius 3 is 2.91 bits per heavy atom. The zero-order chi connectivity index (χ0) is 15.7. The molecule has 0 spiro atoms.